The highest BCUT2D eigenvalue weighted by atomic mass is 16.5. The van der Waals surface area contributed by atoms with Gasteiger partial charge in [-0.25, -0.2) is 4.79 Å². The molecule has 0 bridgehead atoms. The lowest BCUT2D eigenvalue weighted by atomic mass is 9.89. The standard InChI is InChI=1S/C9H13NO2/c1-10-4-2-7-3-5-12-9(11)8(7)6-10/h6-7H,2-5H2,1H3. The van der Waals surface area contributed by atoms with E-state index in [0.717, 1.165) is 25.0 Å². The van der Waals surface area contributed by atoms with Crippen molar-refractivity contribution in [2.75, 3.05) is 20.2 Å². The molecule has 1 atom stereocenters. The summed E-state index contributed by atoms with van der Waals surface area (Å²) in [6.45, 7) is 1.66. The molecule has 1 unspecified atom stereocenters. The van der Waals surface area contributed by atoms with Gasteiger partial charge in [-0.15, -0.1) is 0 Å². The van der Waals surface area contributed by atoms with Gasteiger partial charge in [-0.3, -0.25) is 0 Å². The van der Waals surface area contributed by atoms with E-state index in [1.807, 2.05) is 13.2 Å². The van der Waals surface area contributed by atoms with Crippen molar-refractivity contribution in [3.8, 4) is 0 Å². The van der Waals surface area contributed by atoms with Crippen LogP contribution in [-0.2, 0) is 9.53 Å². The minimum absolute atomic E-state index is 0.113. The van der Waals surface area contributed by atoms with Crippen LogP contribution in [0.25, 0.3) is 0 Å². The summed E-state index contributed by atoms with van der Waals surface area (Å²) in [6.07, 6.45) is 4.03. The number of hydrogen-bond acceptors (Lipinski definition) is 3. The van der Waals surface area contributed by atoms with E-state index >= 15 is 0 Å². The molecule has 0 aromatic carbocycles. The fourth-order valence-electron chi connectivity index (χ4n) is 1.82. The first-order valence-corrected chi connectivity index (χ1v) is 4.36. The second-order valence-corrected chi connectivity index (χ2v) is 3.48. The first-order valence-electron chi connectivity index (χ1n) is 4.36. The van der Waals surface area contributed by atoms with E-state index in [4.69, 9.17) is 4.74 Å². The Bertz CT molecular complexity index is 235. The molecule has 0 aromatic heterocycles. The number of ether oxygens (including phenoxy) is 1. The smallest absolute Gasteiger partial charge is 0.335 e. The van der Waals surface area contributed by atoms with Crippen LogP contribution in [0.15, 0.2) is 11.8 Å². The van der Waals surface area contributed by atoms with Crippen molar-refractivity contribution in [1.82, 2.24) is 4.90 Å². The summed E-state index contributed by atoms with van der Waals surface area (Å²) in [6, 6.07) is 0. The molecular formula is C9H13NO2. The van der Waals surface area contributed by atoms with Crippen LogP contribution in [0.4, 0.5) is 0 Å². The SMILES string of the molecule is CN1C=C2C(=O)OCCC2CC1. The summed E-state index contributed by atoms with van der Waals surface area (Å²) in [4.78, 5) is 13.3. The quantitative estimate of drug-likeness (QED) is 0.499. The number of hydrogen-bond donors (Lipinski definition) is 0. The van der Waals surface area contributed by atoms with Gasteiger partial charge in [0.25, 0.3) is 0 Å². The lowest BCUT2D eigenvalue weighted by Gasteiger charge is -2.31. The predicted molar refractivity (Wildman–Crippen MR) is 44.4 cm³/mol. The van der Waals surface area contributed by atoms with Crippen LogP contribution in [0.1, 0.15) is 12.8 Å². The maximum Gasteiger partial charge on any atom is 0.335 e. The summed E-state index contributed by atoms with van der Waals surface area (Å²) in [5, 5.41) is 0. The van der Waals surface area contributed by atoms with Crippen LogP contribution in [0, 0.1) is 5.92 Å². The van der Waals surface area contributed by atoms with Gasteiger partial charge in [-0.2, -0.15) is 0 Å². The minimum atomic E-state index is -0.113. The second-order valence-electron chi connectivity index (χ2n) is 3.48. The van der Waals surface area contributed by atoms with Gasteiger partial charge in [0.1, 0.15) is 0 Å². The molecule has 2 rings (SSSR count). The van der Waals surface area contributed by atoms with Crippen LogP contribution in [0.3, 0.4) is 0 Å². The Morgan fingerprint density at radius 3 is 3.25 bits per heavy atom. The van der Waals surface area contributed by atoms with Crippen molar-refractivity contribution < 1.29 is 9.53 Å². The number of cyclic esters (lactones) is 1. The molecule has 0 amide bonds. The third-order valence-electron chi connectivity index (χ3n) is 2.56. The van der Waals surface area contributed by atoms with Gasteiger partial charge in [0.05, 0.1) is 12.2 Å². The van der Waals surface area contributed by atoms with Gasteiger partial charge in [-0.1, -0.05) is 0 Å². The van der Waals surface area contributed by atoms with E-state index in [9.17, 15) is 4.79 Å². The van der Waals surface area contributed by atoms with Crippen molar-refractivity contribution in [1.29, 1.82) is 0 Å². The van der Waals surface area contributed by atoms with Crippen LogP contribution < -0.4 is 0 Å². The van der Waals surface area contributed by atoms with E-state index in [1.165, 1.54) is 0 Å². The number of fused-ring (bicyclic) bond motifs is 1. The molecule has 0 aliphatic carbocycles. The van der Waals surface area contributed by atoms with E-state index in [2.05, 4.69) is 4.90 Å². The minimum Gasteiger partial charge on any atom is -0.462 e. The first kappa shape index (κ1) is 7.65. The number of carbonyl (C=O) groups excluding carboxylic acids is 1. The number of carbonyl (C=O) groups is 1. The Morgan fingerprint density at radius 2 is 2.42 bits per heavy atom. The van der Waals surface area contributed by atoms with Crippen LogP contribution in [-0.4, -0.2) is 31.1 Å². The van der Waals surface area contributed by atoms with Gasteiger partial charge >= 0.3 is 5.97 Å². The molecule has 0 spiro atoms. The zero-order chi connectivity index (χ0) is 8.55. The molecular weight excluding hydrogens is 154 g/mol. The van der Waals surface area contributed by atoms with Crippen LogP contribution in [0.2, 0.25) is 0 Å². The van der Waals surface area contributed by atoms with Crippen LogP contribution in [0.5, 0.6) is 0 Å². The molecule has 0 saturated carbocycles. The summed E-state index contributed by atoms with van der Waals surface area (Å²) in [7, 11) is 1.99. The Morgan fingerprint density at radius 1 is 1.58 bits per heavy atom. The molecule has 2 heterocycles. The largest absolute Gasteiger partial charge is 0.462 e. The van der Waals surface area contributed by atoms with Gasteiger partial charge in [0.2, 0.25) is 0 Å². The lowest BCUT2D eigenvalue weighted by molar-refractivity contribution is -0.143. The topological polar surface area (TPSA) is 29.5 Å². The Kier molecular flexibility index (Phi) is 1.79. The molecule has 2 aliphatic heterocycles. The highest BCUT2D eigenvalue weighted by molar-refractivity contribution is 5.89. The maximum atomic E-state index is 11.3. The molecule has 0 radical (unpaired) electrons. The highest BCUT2D eigenvalue weighted by Gasteiger charge is 2.29. The highest BCUT2D eigenvalue weighted by Crippen LogP contribution is 2.28. The Hall–Kier alpha value is -0.990. The van der Waals surface area contributed by atoms with Crippen molar-refractivity contribution in [2.24, 2.45) is 5.92 Å². The molecule has 12 heavy (non-hydrogen) atoms. The summed E-state index contributed by atoms with van der Waals surface area (Å²) < 4.78 is 4.96. The molecule has 3 nitrogen and oxygen atoms in total. The van der Waals surface area contributed by atoms with E-state index in [0.29, 0.717) is 12.5 Å². The summed E-state index contributed by atoms with van der Waals surface area (Å²) in [5.74, 6) is 0.347. The number of esters is 1. The van der Waals surface area contributed by atoms with E-state index < -0.39 is 0 Å². The van der Waals surface area contributed by atoms with Gasteiger partial charge in [-0.05, 0) is 18.8 Å². The zero-order valence-corrected chi connectivity index (χ0v) is 7.25. The van der Waals surface area contributed by atoms with Crippen molar-refractivity contribution in [3.05, 3.63) is 11.8 Å². The summed E-state index contributed by atoms with van der Waals surface area (Å²) >= 11 is 0. The third-order valence-corrected chi connectivity index (χ3v) is 2.56. The van der Waals surface area contributed by atoms with Crippen LogP contribution >= 0.6 is 0 Å². The average molecular weight is 167 g/mol. The maximum absolute atomic E-state index is 11.3. The third kappa shape index (κ3) is 1.19. The van der Waals surface area contributed by atoms with E-state index in [-0.39, 0.29) is 5.97 Å². The van der Waals surface area contributed by atoms with Gasteiger partial charge in [0, 0.05) is 19.8 Å². The molecule has 0 aromatic rings. The first-order chi connectivity index (χ1) is 5.77. The van der Waals surface area contributed by atoms with Crippen molar-refractivity contribution >= 4 is 5.97 Å². The second kappa shape index (κ2) is 2.81. The molecule has 66 valence electrons. The van der Waals surface area contributed by atoms with Gasteiger partial charge in [0.15, 0.2) is 0 Å². The molecule has 3 heteroatoms. The molecule has 0 N–H and O–H groups in total. The lowest BCUT2D eigenvalue weighted by Crippen LogP contribution is -2.32. The Labute approximate surface area is 72.0 Å². The average Bonchev–Trinajstić information content (AvgIpc) is 2.07. The van der Waals surface area contributed by atoms with Crippen molar-refractivity contribution in [3.63, 3.8) is 0 Å². The predicted octanol–water partition coefficient (Wildman–Crippen LogP) is 0.769. The normalized spacial score (nSPS) is 29.1. The molecule has 1 saturated heterocycles. The molecule has 2 aliphatic rings. The molecule has 1 fully saturated rings. The monoisotopic (exact) mass is 167 g/mol. The zero-order valence-electron chi connectivity index (χ0n) is 7.25. The van der Waals surface area contributed by atoms with Gasteiger partial charge < -0.3 is 9.64 Å². The van der Waals surface area contributed by atoms with Crippen molar-refractivity contribution in [2.45, 2.75) is 12.8 Å². The summed E-state index contributed by atoms with van der Waals surface area (Å²) in [5.41, 5.74) is 0.870. The fraction of sp³-hybridized carbons (Fsp3) is 0.667. The number of nitrogens with zero attached hydrogens (tertiary/aromatic N) is 1. The van der Waals surface area contributed by atoms with E-state index in [1.54, 1.807) is 0 Å². The fourth-order valence-corrected chi connectivity index (χ4v) is 1.82. The number of rotatable bonds is 0. The Balaban J connectivity index is 2.23.